The molecule has 2 saturated heterocycles. The monoisotopic (exact) mass is 416 g/mol. The largest absolute Gasteiger partial charge is 1.00 e. The number of carbonyl (C=O) groups excluding carboxylic acids is 1. The fraction of sp³-hybridized carbons (Fsp3) is 0.647. The topological polar surface area (TPSA) is 39.2 Å². The third kappa shape index (κ3) is 3.79. The molecule has 2 fully saturated rings. The van der Waals surface area contributed by atoms with Crippen LogP contribution in [0.1, 0.15) is 42.6 Å². The number of carbonyl (C=O) groups is 1. The lowest BCUT2D eigenvalue weighted by Crippen LogP contribution is -3.00. The Kier molecular flexibility index (Phi) is 6.20. The van der Waals surface area contributed by atoms with Gasteiger partial charge in [-0.1, -0.05) is 6.07 Å². The van der Waals surface area contributed by atoms with Gasteiger partial charge in [0, 0.05) is 18.5 Å². The van der Waals surface area contributed by atoms with Gasteiger partial charge in [-0.15, -0.1) is 0 Å². The molecule has 3 unspecified atom stereocenters. The summed E-state index contributed by atoms with van der Waals surface area (Å²) in [6.45, 7) is 3.12. The number of nitrogens with zero attached hydrogens (tertiary/aromatic N) is 2. The van der Waals surface area contributed by atoms with Gasteiger partial charge in [0.2, 0.25) is 0 Å². The maximum absolute atomic E-state index is 12.0. The third-order valence-electron chi connectivity index (χ3n) is 5.31. The molecule has 1 aromatic heterocycles. The average Bonchev–Trinajstić information content (AvgIpc) is 2.52. The molecule has 0 saturated carbocycles. The summed E-state index contributed by atoms with van der Waals surface area (Å²) in [6.07, 6.45) is 8.01. The second-order valence-corrected chi connectivity index (χ2v) is 6.71. The molecule has 0 bridgehead atoms. The number of pyridine rings is 1. The standard InChI is InChI=1S/C17H25N2O2.HI/c1-19-11-5-3-9-16(19)14(7-6-12-19)13-21-17(20)15-8-2-4-10-18-15;/h2,4,8,10,14,16H,3,5-7,9,11-13H2,1H3;1H/q+1;/p-1. The summed E-state index contributed by atoms with van der Waals surface area (Å²) in [6, 6.07) is 6.01. The number of piperidine rings is 2. The Morgan fingerprint density at radius 1 is 1.27 bits per heavy atom. The molecule has 0 spiro atoms. The minimum Gasteiger partial charge on any atom is -1.00 e. The smallest absolute Gasteiger partial charge is 0.356 e. The van der Waals surface area contributed by atoms with E-state index >= 15 is 0 Å². The number of hydrogen-bond donors (Lipinski definition) is 0. The second kappa shape index (κ2) is 7.73. The number of rotatable bonds is 3. The number of hydrogen-bond acceptors (Lipinski definition) is 3. The van der Waals surface area contributed by atoms with E-state index in [1.807, 2.05) is 12.1 Å². The minimum absolute atomic E-state index is 0. The summed E-state index contributed by atoms with van der Waals surface area (Å²) in [7, 11) is 2.39. The van der Waals surface area contributed by atoms with Crippen LogP contribution < -0.4 is 24.0 Å². The molecule has 0 N–H and O–H groups in total. The molecule has 2 aliphatic heterocycles. The minimum atomic E-state index is -0.286. The van der Waals surface area contributed by atoms with E-state index in [1.165, 1.54) is 49.7 Å². The Balaban J connectivity index is 0.00000176. The van der Waals surface area contributed by atoms with E-state index in [-0.39, 0.29) is 29.9 Å². The quantitative estimate of drug-likeness (QED) is 0.384. The number of quaternary nitrogens is 1. The van der Waals surface area contributed by atoms with E-state index < -0.39 is 0 Å². The van der Waals surface area contributed by atoms with Crippen molar-refractivity contribution in [3.05, 3.63) is 30.1 Å². The van der Waals surface area contributed by atoms with Gasteiger partial charge in [0.25, 0.3) is 0 Å². The molecule has 3 atom stereocenters. The van der Waals surface area contributed by atoms with Crippen LogP contribution in [-0.4, -0.2) is 48.2 Å². The summed E-state index contributed by atoms with van der Waals surface area (Å²) in [5.41, 5.74) is 0.411. The molecular weight excluding hydrogens is 391 g/mol. The highest BCUT2D eigenvalue weighted by molar-refractivity contribution is 5.87. The van der Waals surface area contributed by atoms with E-state index in [9.17, 15) is 4.79 Å². The van der Waals surface area contributed by atoms with E-state index in [2.05, 4.69) is 12.0 Å². The first-order valence-electron chi connectivity index (χ1n) is 8.11. The highest BCUT2D eigenvalue weighted by Crippen LogP contribution is 2.36. The molecule has 0 amide bonds. The van der Waals surface area contributed by atoms with Crippen LogP contribution in [0.2, 0.25) is 0 Å². The van der Waals surface area contributed by atoms with E-state index in [1.54, 1.807) is 12.3 Å². The summed E-state index contributed by atoms with van der Waals surface area (Å²) in [5.74, 6) is 0.225. The van der Waals surface area contributed by atoms with E-state index in [0.717, 1.165) is 0 Å². The van der Waals surface area contributed by atoms with Crippen LogP contribution in [0.4, 0.5) is 0 Å². The molecule has 0 aromatic carbocycles. The van der Waals surface area contributed by atoms with Gasteiger partial charge in [-0.05, 0) is 37.8 Å². The van der Waals surface area contributed by atoms with E-state index in [4.69, 9.17) is 4.74 Å². The van der Waals surface area contributed by atoms with Gasteiger partial charge < -0.3 is 33.2 Å². The van der Waals surface area contributed by atoms with Crippen molar-refractivity contribution in [3.8, 4) is 0 Å². The first kappa shape index (κ1) is 17.7. The normalized spacial score (nSPS) is 30.8. The molecular formula is C17H25IN2O2. The van der Waals surface area contributed by atoms with Crippen LogP contribution in [0.5, 0.6) is 0 Å². The number of ether oxygens (including phenoxy) is 1. The van der Waals surface area contributed by atoms with Gasteiger partial charge in [-0.25, -0.2) is 9.78 Å². The van der Waals surface area contributed by atoms with Crippen molar-refractivity contribution in [2.75, 3.05) is 26.7 Å². The van der Waals surface area contributed by atoms with Crippen molar-refractivity contribution < 1.29 is 38.0 Å². The first-order valence-corrected chi connectivity index (χ1v) is 8.11. The average molecular weight is 416 g/mol. The molecule has 3 heterocycles. The predicted octanol–water partition coefficient (Wildman–Crippen LogP) is -0.348. The highest BCUT2D eigenvalue weighted by Gasteiger charge is 2.43. The highest BCUT2D eigenvalue weighted by atomic mass is 127. The van der Waals surface area contributed by atoms with Crippen LogP contribution in [0.15, 0.2) is 24.4 Å². The maximum atomic E-state index is 12.0. The third-order valence-corrected chi connectivity index (χ3v) is 5.31. The molecule has 0 radical (unpaired) electrons. The van der Waals surface area contributed by atoms with Crippen molar-refractivity contribution in [2.45, 2.75) is 38.1 Å². The van der Waals surface area contributed by atoms with Crippen LogP contribution in [0.3, 0.4) is 0 Å². The number of fused-ring (bicyclic) bond motifs is 1. The summed E-state index contributed by atoms with van der Waals surface area (Å²) >= 11 is 0. The van der Waals surface area contributed by atoms with Gasteiger partial charge in [0.05, 0.1) is 26.2 Å². The fourth-order valence-electron chi connectivity index (χ4n) is 4.17. The summed E-state index contributed by atoms with van der Waals surface area (Å²) in [5, 5.41) is 0. The van der Waals surface area contributed by atoms with Gasteiger partial charge in [-0.2, -0.15) is 0 Å². The number of aromatic nitrogens is 1. The van der Waals surface area contributed by atoms with Crippen molar-refractivity contribution >= 4 is 5.97 Å². The van der Waals surface area contributed by atoms with Crippen molar-refractivity contribution in [1.82, 2.24) is 4.98 Å². The molecule has 0 aliphatic carbocycles. The van der Waals surface area contributed by atoms with Crippen molar-refractivity contribution in [2.24, 2.45) is 5.92 Å². The van der Waals surface area contributed by atoms with Gasteiger partial charge >= 0.3 is 5.97 Å². The van der Waals surface area contributed by atoms with Gasteiger partial charge in [0.1, 0.15) is 12.3 Å². The SMILES string of the molecule is C[N+]12CCCCC1C(COC(=O)c1ccccn1)CCC2.[I-]. The molecule has 3 rings (SSSR count). The summed E-state index contributed by atoms with van der Waals surface area (Å²) in [4.78, 5) is 16.1. The Hall–Kier alpha value is -0.690. The Bertz CT molecular complexity index is 493. The van der Waals surface area contributed by atoms with E-state index in [0.29, 0.717) is 24.3 Å². The van der Waals surface area contributed by atoms with Crippen molar-refractivity contribution in [1.29, 1.82) is 0 Å². The van der Waals surface area contributed by atoms with Gasteiger partial charge in [0.15, 0.2) is 0 Å². The molecule has 5 heteroatoms. The second-order valence-electron chi connectivity index (χ2n) is 6.71. The predicted molar refractivity (Wildman–Crippen MR) is 80.8 cm³/mol. The molecule has 122 valence electrons. The lowest BCUT2D eigenvalue weighted by Gasteiger charge is -2.51. The zero-order valence-corrected chi connectivity index (χ0v) is 15.4. The lowest BCUT2D eigenvalue weighted by atomic mass is 9.82. The Morgan fingerprint density at radius 3 is 2.86 bits per heavy atom. The molecule has 2 aliphatic rings. The molecule has 22 heavy (non-hydrogen) atoms. The first-order chi connectivity index (χ1) is 10.2. The van der Waals surface area contributed by atoms with Crippen LogP contribution in [0.25, 0.3) is 0 Å². The van der Waals surface area contributed by atoms with Crippen LogP contribution >= 0.6 is 0 Å². The van der Waals surface area contributed by atoms with Crippen LogP contribution in [-0.2, 0) is 4.74 Å². The maximum Gasteiger partial charge on any atom is 0.356 e. The Morgan fingerprint density at radius 2 is 2.09 bits per heavy atom. The number of halogens is 1. The number of esters is 1. The molecule has 4 nitrogen and oxygen atoms in total. The zero-order chi connectivity index (χ0) is 14.7. The lowest BCUT2D eigenvalue weighted by molar-refractivity contribution is -0.947. The fourth-order valence-corrected chi connectivity index (χ4v) is 4.17. The molecule has 1 aromatic rings. The van der Waals surface area contributed by atoms with Crippen LogP contribution in [0, 0.1) is 5.92 Å². The zero-order valence-electron chi connectivity index (χ0n) is 13.2. The van der Waals surface area contributed by atoms with Gasteiger partial charge in [-0.3, -0.25) is 0 Å². The summed E-state index contributed by atoms with van der Waals surface area (Å²) < 4.78 is 6.74. The Labute approximate surface area is 149 Å². The van der Waals surface area contributed by atoms with Crippen molar-refractivity contribution in [3.63, 3.8) is 0 Å².